The van der Waals surface area contributed by atoms with Gasteiger partial charge in [0.1, 0.15) is 11.6 Å². The molecule has 0 fully saturated rings. The summed E-state index contributed by atoms with van der Waals surface area (Å²) >= 11 is 0. The summed E-state index contributed by atoms with van der Waals surface area (Å²) in [5, 5.41) is 9.20. The first-order chi connectivity index (χ1) is 7.79. The van der Waals surface area contributed by atoms with E-state index in [-0.39, 0.29) is 0 Å². The van der Waals surface area contributed by atoms with Gasteiger partial charge in [-0.1, -0.05) is 19.1 Å². The number of imidazole rings is 1. The first-order valence-electron chi connectivity index (χ1n) is 5.57. The van der Waals surface area contributed by atoms with Crippen LogP contribution in [0.2, 0.25) is 0 Å². The van der Waals surface area contributed by atoms with Crippen LogP contribution in [0.25, 0.3) is 0 Å². The zero-order valence-corrected chi connectivity index (χ0v) is 9.43. The van der Waals surface area contributed by atoms with Gasteiger partial charge in [-0.05, 0) is 24.1 Å². The minimum atomic E-state index is 0.306. The number of aromatic hydroxyl groups is 1. The lowest BCUT2D eigenvalue weighted by Gasteiger charge is -2.06. The largest absolute Gasteiger partial charge is 0.508 e. The third-order valence-corrected chi connectivity index (χ3v) is 2.56. The molecule has 0 atom stereocenters. The van der Waals surface area contributed by atoms with Gasteiger partial charge in [0.15, 0.2) is 0 Å². The smallest absolute Gasteiger partial charge is 0.115 e. The van der Waals surface area contributed by atoms with Gasteiger partial charge in [0.2, 0.25) is 0 Å². The second-order valence-corrected chi connectivity index (χ2v) is 3.88. The average molecular weight is 216 g/mol. The normalized spacial score (nSPS) is 10.6. The molecule has 1 aromatic heterocycles. The Labute approximate surface area is 95.4 Å². The number of aromatic nitrogens is 2. The average Bonchev–Trinajstić information content (AvgIpc) is 2.70. The van der Waals surface area contributed by atoms with Crippen molar-refractivity contribution in [2.75, 3.05) is 0 Å². The molecule has 2 rings (SSSR count). The molecule has 0 saturated heterocycles. The minimum absolute atomic E-state index is 0.306. The number of benzene rings is 1. The van der Waals surface area contributed by atoms with Crippen molar-refractivity contribution < 1.29 is 5.11 Å². The number of aryl methyl sites for hydroxylation is 1. The van der Waals surface area contributed by atoms with Crippen molar-refractivity contribution in [1.29, 1.82) is 0 Å². The molecule has 1 aromatic carbocycles. The summed E-state index contributed by atoms with van der Waals surface area (Å²) in [6.45, 7) is 3.16. The second-order valence-electron chi connectivity index (χ2n) is 3.88. The van der Waals surface area contributed by atoms with Crippen molar-refractivity contribution in [3.63, 3.8) is 0 Å². The molecule has 0 bridgehead atoms. The Bertz CT molecular complexity index is 445. The first kappa shape index (κ1) is 10.7. The summed E-state index contributed by atoms with van der Waals surface area (Å²) < 4.78 is 2.17. The molecule has 0 aliphatic heterocycles. The molecule has 0 spiro atoms. The highest BCUT2D eigenvalue weighted by Crippen LogP contribution is 2.13. The van der Waals surface area contributed by atoms with Crippen molar-refractivity contribution >= 4 is 0 Å². The molecule has 3 heteroatoms. The van der Waals surface area contributed by atoms with Crippen LogP contribution in [0.1, 0.15) is 24.7 Å². The standard InChI is InChI=1S/C13H16N2O/c1-2-8-15-9-7-14-13(15)10-11-3-5-12(16)6-4-11/h3-7,9,16H,2,8,10H2,1H3. The number of nitrogens with zero attached hydrogens (tertiary/aromatic N) is 2. The van der Waals surface area contributed by atoms with E-state index < -0.39 is 0 Å². The number of phenols is 1. The zero-order chi connectivity index (χ0) is 11.4. The fourth-order valence-corrected chi connectivity index (χ4v) is 1.75. The third kappa shape index (κ3) is 2.42. The molecule has 0 amide bonds. The van der Waals surface area contributed by atoms with Gasteiger partial charge in [-0.15, -0.1) is 0 Å². The summed E-state index contributed by atoms with van der Waals surface area (Å²) in [4.78, 5) is 4.35. The van der Waals surface area contributed by atoms with Gasteiger partial charge in [-0.3, -0.25) is 0 Å². The Kier molecular flexibility index (Phi) is 3.25. The highest BCUT2D eigenvalue weighted by molar-refractivity contribution is 5.27. The van der Waals surface area contributed by atoms with Crippen LogP contribution in [0.4, 0.5) is 0 Å². The molecule has 2 aromatic rings. The van der Waals surface area contributed by atoms with Crippen LogP contribution in [-0.2, 0) is 13.0 Å². The quantitative estimate of drug-likeness (QED) is 0.853. The number of rotatable bonds is 4. The fourth-order valence-electron chi connectivity index (χ4n) is 1.75. The Morgan fingerprint density at radius 3 is 2.69 bits per heavy atom. The van der Waals surface area contributed by atoms with Crippen LogP contribution < -0.4 is 0 Å². The van der Waals surface area contributed by atoms with Crippen LogP contribution in [0.15, 0.2) is 36.7 Å². The van der Waals surface area contributed by atoms with Gasteiger partial charge in [0.05, 0.1) is 0 Å². The van der Waals surface area contributed by atoms with Crippen LogP contribution >= 0.6 is 0 Å². The van der Waals surface area contributed by atoms with Crippen LogP contribution in [0, 0.1) is 0 Å². The lowest BCUT2D eigenvalue weighted by Crippen LogP contribution is -2.03. The summed E-state index contributed by atoms with van der Waals surface area (Å²) in [5.41, 5.74) is 1.17. The van der Waals surface area contributed by atoms with E-state index in [2.05, 4.69) is 16.5 Å². The van der Waals surface area contributed by atoms with Crippen molar-refractivity contribution in [2.24, 2.45) is 0 Å². The predicted octanol–water partition coefficient (Wildman–Crippen LogP) is 2.59. The summed E-state index contributed by atoms with van der Waals surface area (Å²) in [6.07, 6.45) is 5.77. The van der Waals surface area contributed by atoms with Crippen molar-refractivity contribution in [1.82, 2.24) is 9.55 Å². The Hall–Kier alpha value is -1.77. The molecule has 1 heterocycles. The number of hydrogen-bond acceptors (Lipinski definition) is 2. The van der Waals surface area contributed by atoms with Crippen LogP contribution in [-0.4, -0.2) is 14.7 Å². The molecule has 0 radical (unpaired) electrons. The SMILES string of the molecule is CCCn1ccnc1Cc1ccc(O)cc1. The predicted molar refractivity (Wildman–Crippen MR) is 63.4 cm³/mol. The molecule has 0 aliphatic carbocycles. The Morgan fingerprint density at radius 1 is 1.25 bits per heavy atom. The summed E-state index contributed by atoms with van der Waals surface area (Å²) in [6, 6.07) is 7.28. The summed E-state index contributed by atoms with van der Waals surface area (Å²) in [5.74, 6) is 1.38. The van der Waals surface area contributed by atoms with Crippen molar-refractivity contribution in [2.45, 2.75) is 26.3 Å². The second kappa shape index (κ2) is 4.84. The molecular formula is C13H16N2O. The van der Waals surface area contributed by atoms with Crippen molar-refractivity contribution in [3.05, 3.63) is 48.0 Å². The lowest BCUT2D eigenvalue weighted by atomic mass is 10.1. The molecule has 1 N–H and O–H groups in total. The number of phenolic OH excluding ortho intramolecular Hbond substituents is 1. The van der Waals surface area contributed by atoms with Crippen molar-refractivity contribution in [3.8, 4) is 5.75 Å². The van der Waals surface area contributed by atoms with Crippen LogP contribution in [0.5, 0.6) is 5.75 Å². The number of hydrogen-bond donors (Lipinski definition) is 1. The van der Waals surface area contributed by atoms with Gasteiger partial charge in [0.25, 0.3) is 0 Å². The van der Waals surface area contributed by atoms with Gasteiger partial charge >= 0.3 is 0 Å². The van der Waals surface area contributed by atoms with Gasteiger partial charge in [0, 0.05) is 25.4 Å². The van der Waals surface area contributed by atoms with E-state index in [0.29, 0.717) is 5.75 Å². The Balaban J connectivity index is 2.13. The maximum Gasteiger partial charge on any atom is 0.115 e. The fraction of sp³-hybridized carbons (Fsp3) is 0.308. The van der Waals surface area contributed by atoms with E-state index in [1.54, 1.807) is 12.1 Å². The molecule has 84 valence electrons. The zero-order valence-electron chi connectivity index (χ0n) is 9.43. The van der Waals surface area contributed by atoms with E-state index in [0.717, 1.165) is 25.2 Å². The molecule has 0 unspecified atom stereocenters. The summed E-state index contributed by atoms with van der Waals surface area (Å²) in [7, 11) is 0. The topological polar surface area (TPSA) is 38.0 Å². The van der Waals surface area contributed by atoms with E-state index in [4.69, 9.17) is 0 Å². The molecular weight excluding hydrogens is 200 g/mol. The monoisotopic (exact) mass is 216 g/mol. The highest BCUT2D eigenvalue weighted by Gasteiger charge is 2.03. The van der Waals surface area contributed by atoms with Gasteiger partial charge in [-0.2, -0.15) is 0 Å². The van der Waals surface area contributed by atoms with Gasteiger partial charge < -0.3 is 9.67 Å². The highest BCUT2D eigenvalue weighted by atomic mass is 16.3. The lowest BCUT2D eigenvalue weighted by molar-refractivity contribution is 0.475. The minimum Gasteiger partial charge on any atom is -0.508 e. The van der Waals surface area contributed by atoms with E-state index in [9.17, 15) is 5.11 Å². The first-order valence-corrected chi connectivity index (χ1v) is 5.57. The molecule has 3 nitrogen and oxygen atoms in total. The third-order valence-electron chi connectivity index (χ3n) is 2.56. The van der Waals surface area contributed by atoms with E-state index in [1.165, 1.54) is 5.56 Å². The van der Waals surface area contributed by atoms with E-state index >= 15 is 0 Å². The molecule has 0 saturated carbocycles. The molecule has 16 heavy (non-hydrogen) atoms. The maximum absolute atomic E-state index is 9.20. The molecule has 0 aliphatic rings. The van der Waals surface area contributed by atoms with Gasteiger partial charge in [-0.25, -0.2) is 4.98 Å². The van der Waals surface area contributed by atoms with E-state index in [1.807, 2.05) is 24.5 Å². The maximum atomic E-state index is 9.20. The Morgan fingerprint density at radius 2 is 2.00 bits per heavy atom. The van der Waals surface area contributed by atoms with Crippen LogP contribution in [0.3, 0.4) is 0 Å².